The zero-order chi connectivity index (χ0) is 20.2. The van der Waals surface area contributed by atoms with Crippen LogP contribution >= 0.6 is 0 Å². The molecule has 7 nitrogen and oxygen atoms in total. The second-order valence-corrected chi connectivity index (χ2v) is 8.27. The summed E-state index contributed by atoms with van der Waals surface area (Å²) in [7, 11) is 0. The molecule has 4 rings (SSSR count). The summed E-state index contributed by atoms with van der Waals surface area (Å²) >= 11 is 0. The van der Waals surface area contributed by atoms with Gasteiger partial charge < -0.3 is 25.4 Å². The molecule has 3 heterocycles. The van der Waals surface area contributed by atoms with Crippen LogP contribution in [0.4, 0.5) is 0 Å². The first-order valence-electron chi connectivity index (χ1n) is 9.52. The Labute approximate surface area is 160 Å². The fraction of sp³-hybridized carbons (Fsp3) is 0.700. The van der Waals surface area contributed by atoms with Crippen molar-refractivity contribution >= 4 is 11.8 Å². The molecule has 0 bridgehead atoms. The van der Waals surface area contributed by atoms with Gasteiger partial charge in [0.15, 0.2) is 0 Å². The minimum atomic E-state index is -0.434. The summed E-state index contributed by atoms with van der Waals surface area (Å²) in [6.07, 6.45) is 5.19. The van der Waals surface area contributed by atoms with Crippen LogP contribution in [-0.4, -0.2) is 37.2 Å². The molecule has 1 aliphatic carbocycles. The molecule has 1 saturated carbocycles. The Morgan fingerprint density at radius 1 is 1.00 bits per heavy atom. The number of carbonyl (C=O) groups is 2. The van der Waals surface area contributed by atoms with Crippen LogP contribution in [0.2, 0.25) is 0 Å². The highest BCUT2D eigenvalue weighted by Crippen LogP contribution is 2.28. The maximum atomic E-state index is 10.9. The molecule has 2 saturated heterocycles. The van der Waals surface area contributed by atoms with Crippen LogP contribution in [0, 0.1) is 12.8 Å². The molecule has 2 atom stereocenters. The zero-order valence-electron chi connectivity index (χ0n) is 16.7. The minimum Gasteiger partial charge on any atom is -0.465 e. The summed E-state index contributed by atoms with van der Waals surface area (Å²) in [5.41, 5.74) is 10.4. The Balaban J connectivity index is 0.000000158. The normalized spacial score (nSPS) is 23.6. The number of fused-ring (bicyclic) bond motifs is 1. The van der Waals surface area contributed by atoms with E-state index >= 15 is 0 Å². The quantitative estimate of drug-likeness (QED) is 0.817. The third-order valence-electron chi connectivity index (χ3n) is 4.79. The summed E-state index contributed by atoms with van der Waals surface area (Å²) in [6, 6.07) is 1.72. The second-order valence-electron chi connectivity index (χ2n) is 8.27. The predicted octanol–water partition coefficient (Wildman–Crippen LogP) is 2.43. The molecule has 2 aliphatic heterocycles. The maximum Gasteiger partial charge on any atom is 0.252 e. The highest BCUT2D eigenvalue weighted by atomic mass is 16.6. The van der Waals surface area contributed by atoms with E-state index in [1.54, 1.807) is 13.0 Å². The molecule has 2 unspecified atom stereocenters. The molecular weight excluding hydrogens is 348 g/mol. The topological polar surface area (TPSA) is 118 Å². The number of primary amides is 2. The van der Waals surface area contributed by atoms with Crippen molar-refractivity contribution in [1.29, 1.82) is 0 Å². The van der Waals surface area contributed by atoms with E-state index in [2.05, 4.69) is 0 Å². The maximum absolute atomic E-state index is 10.9. The number of furan rings is 1. The minimum absolute atomic E-state index is 0.0849. The molecule has 3 aliphatic rings. The van der Waals surface area contributed by atoms with Gasteiger partial charge in [0.2, 0.25) is 5.91 Å². The van der Waals surface area contributed by atoms with E-state index in [1.807, 2.05) is 20.8 Å². The SMILES string of the molecule is C1CC2OCCC2O1.Cc1oc(C(C)(C)C)cc1C(N)=O.NC(=O)C1CC1. The van der Waals surface area contributed by atoms with Crippen LogP contribution in [0.3, 0.4) is 0 Å². The Morgan fingerprint density at radius 3 is 1.78 bits per heavy atom. The average Bonchev–Trinajstić information content (AvgIpc) is 2.97. The third-order valence-corrected chi connectivity index (χ3v) is 4.79. The molecule has 0 aromatic carbocycles. The van der Waals surface area contributed by atoms with Crippen LogP contribution in [0.15, 0.2) is 10.5 Å². The number of carbonyl (C=O) groups excluding carboxylic acids is 2. The Bertz CT molecular complexity index is 638. The number of hydrogen-bond acceptors (Lipinski definition) is 5. The number of rotatable bonds is 2. The van der Waals surface area contributed by atoms with Crippen molar-refractivity contribution in [3.8, 4) is 0 Å². The van der Waals surface area contributed by atoms with Gasteiger partial charge in [0.25, 0.3) is 5.91 Å². The lowest BCUT2D eigenvalue weighted by Crippen LogP contribution is -2.13. The van der Waals surface area contributed by atoms with E-state index in [4.69, 9.17) is 25.4 Å². The van der Waals surface area contributed by atoms with Gasteiger partial charge in [0.1, 0.15) is 11.5 Å². The van der Waals surface area contributed by atoms with E-state index in [-0.39, 0.29) is 17.2 Å². The molecule has 3 fully saturated rings. The van der Waals surface area contributed by atoms with Crippen molar-refractivity contribution < 1.29 is 23.5 Å². The first-order valence-corrected chi connectivity index (χ1v) is 9.52. The largest absolute Gasteiger partial charge is 0.465 e. The van der Waals surface area contributed by atoms with Crippen molar-refractivity contribution in [1.82, 2.24) is 0 Å². The van der Waals surface area contributed by atoms with Gasteiger partial charge in [-0.1, -0.05) is 20.8 Å². The molecule has 0 radical (unpaired) electrons. The molecule has 27 heavy (non-hydrogen) atoms. The zero-order valence-corrected chi connectivity index (χ0v) is 16.7. The number of amides is 2. The first-order chi connectivity index (χ1) is 12.6. The first kappa shape index (κ1) is 21.4. The van der Waals surface area contributed by atoms with Gasteiger partial charge in [-0.2, -0.15) is 0 Å². The predicted molar refractivity (Wildman–Crippen MR) is 101 cm³/mol. The van der Waals surface area contributed by atoms with E-state index in [0.717, 1.165) is 44.7 Å². The van der Waals surface area contributed by atoms with Gasteiger partial charge in [-0.3, -0.25) is 9.59 Å². The van der Waals surface area contributed by atoms with Crippen molar-refractivity contribution in [3.63, 3.8) is 0 Å². The third kappa shape index (κ3) is 6.36. The standard InChI is InChI=1S/C10H15NO2.C6H10O2.C4H7NO/c1-6-7(9(11)12)5-8(13-6)10(2,3)4;1-3-7-6-2-4-8-5(1)6;5-4(6)3-1-2-3/h5H,1-4H3,(H2,11,12);5-6H,1-4H2;3H,1-2H2,(H2,5,6). The molecule has 1 aromatic rings. The smallest absolute Gasteiger partial charge is 0.252 e. The fourth-order valence-corrected chi connectivity index (χ4v) is 2.89. The average molecular weight is 380 g/mol. The Hall–Kier alpha value is -1.86. The van der Waals surface area contributed by atoms with Crippen molar-refractivity contribution in [3.05, 3.63) is 23.2 Å². The van der Waals surface area contributed by atoms with Crippen LogP contribution < -0.4 is 11.5 Å². The summed E-state index contributed by atoms with van der Waals surface area (Å²) in [6.45, 7) is 9.64. The number of ether oxygens (including phenoxy) is 2. The summed E-state index contributed by atoms with van der Waals surface area (Å²) in [5, 5.41) is 0. The number of aryl methyl sites for hydroxylation is 1. The summed E-state index contributed by atoms with van der Waals surface area (Å²) in [5.74, 6) is 1.06. The van der Waals surface area contributed by atoms with Crippen molar-refractivity contribution in [2.45, 2.75) is 71.0 Å². The number of hydrogen-bond donors (Lipinski definition) is 2. The molecular formula is C20H32N2O5. The lowest BCUT2D eigenvalue weighted by molar-refractivity contribution is -0.119. The number of nitrogens with two attached hydrogens (primary N) is 2. The molecule has 4 N–H and O–H groups in total. The van der Waals surface area contributed by atoms with E-state index in [0.29, 0.717) is 23.5 Å². The highest BCUT2D eigenvalue weighted by molar-refractivity contribution is 5.93. The monoisotopic (exact) mass is 380 g/mol. The van der Waals surface area contributed by atoms with Crippen LogP contribution in [-0.2, 0) is 19.7 Å². The van der Waals surface area contributed by atoms with E-state index in [9.17, 15) is 9.59 Å². The molecule has 2 amide bonds. The van der Waals surface area contributed by atoms with Gasteiger partial charge >= 0.3 is 0 Å². The molecule has 152 valence electrons. The van der Waals surface area contributed by atoms with E-state index in [1.165, 1.54) is 0 Å². The second kappa shape index (κ2) is 8.89. The Kier molecular flexibility index (Phi) is 7.06. The highest BCUT2D eigenvalue weighted by Gasteiger charge is 2.33. The van der Waals surface area contributed by atoms with Crippen molar-refractivity contribution in [2.24, 2.45) is 17.4 Å². The van der Waals surface area contributed by atoms with Gasteiger partial charge in [-0.25, -0.2) is 0 Å². The van der Waals surface area contributed by atoms with Gasteiger partial charge in [0, 0.05) is 24.5 Å². The van der Waals surface area contributed by atoms with E-state index < -0.39 is 5.91 Å². The van der Waals surface area contributed by atoms with Crippen LogP contribution in [0.1, 0.15) is 68.3 Å². The van der Waals surface area contributed by atoms with Gasteiger partial charge in [-0.15, -0.1) is 0 Å². The van der Waals surface area contributed by atoms with Gasteiger partial charge in [0.05, 0.1) is 17.8 Å². The molecule has 0 spiro atoms. The lowest BCUT2D eigenvalue weighted by atomic mass is 9.93. The lowest BCUT2D eigenvalue weighted by Gasteiger charge is -2.13. The van der Waals surface area contributed by atoms with Crippen molar-refractivity contribution in [2.75, 3.05) is 13.2 Å². The van der Waals surface area contributed by atoms with Crippen LogP contribution in [0.25, 0.3) is 0 Å². The Morgan fingerprint density at radius 2 is 1.52 bits per heavy atom. The summed E-state index contributed by atoms with van der Waals surface area (Å²) in [4.78, 5) is 20.9. The van der Waals surface area contributed by atoms with Gasteiger partial charge in [-0.05, 0) is 38.7 Å². The summed E-state index contributed by atoms with van der Waals surface area (Å²) < 4.78 is 16.1. The van der Waals surface area contributed by atoms with Crippen LogP contribution in [0.5, 0.6) is 0 Å². The molecule has 7 heteroatoms. The fourth-order valence-electron chi connectivity index (χ4n) is 2.89. The molecule has 1 aromatic heterocycles.